The number of hydrogen-bond donors (Lipinski definition) is 3. The van der Waals surface area contributed by atoms with E-state index in [-0.39, 0.29) is 23.0 Å². The van der Waals surface area contributed by atoms with Gasteiger partial charge in [-0.25, -0.2) is 0 Å². The lowest BCUT2D eigenvalue weighted by Gasteiger charge is -2.12. The van der Waals surface area contributed by atoms with E-state index in [9.17, 15) is 24.5 Å². The lowest BCUT2D eigenvalue weighted by Crippen LogP contribution is -2.30. The quantitative estimate of drug-likeness (QED) is 0.0910. The Morgan fingerprint density at radius 3 is 2.45 bits per heavy atom. The maximum atomic E-state index is 13.2. The van der Waals surface area contributed by atoms with Crippen LogP contribution in [0.3, 0.4) is 0 Å². The van der Waals surface area contributed by atoms with E-state index >= 15 is 0 Å². The van der Waals surface area contributed by atoms with Crippen molar-refractivity contribution in [2.75, 3.05) is 16.4 Å². The second kappa shape index (κ2) is 13.4. The van der Waals surface area contributed by atoms with E-state index < -0.39 is 16.7 Å². The van der Waals surface area contributed by atoms with Crippen LogP contribution < -0.4 is 16.0 Å². The number of thiophene rings is 1. The molecular weight excluding hydrogens is 548 g/mol. The Hall–Kier alpha value is -4.74. The van der Waals surface area contributed by atoms with E-state index in [4.69, 9.17) is 0 Å². The molecule has 0 aliphatic rings. The van der Waals surface area contributed by atoms with Crippen LogP contribution >= 0.6 is 23.1 Å². The summed E-state index contributed by atoms with van der Waals surface area (Å²) in [7, 11) is 0. The number of aryl methyl sites for hydroxylation is 1. The number of nitro benzene ring substituents is 1. The first-order chi connectivity index (χ1) is 19.3. The van der Waals surface area contributed by atoms with E-state index in [1.54, 1.807) is 61.5 Å². The number of rotatable bonds is 10. The van der Waals surface area contributed by atoms with Crippen molar-refractivity contribution in [3.63, 3.8) is 0 Å². The molecule has 0 aliphatic carbocycles. The van der Waals surface area contributed by atoms with Crippen molar-refractivity contribution in [1.82, 2.24) is 5.32 Å². The Bertz CT molecular complexity index is 1570. The Kier molecular flexibility index (Phi) is 9.44. The van der Waals surface area contributed by atoms with E-state index in [2.05, 4.69) is 16.0 Å². The molecule has 3 aromatic carbocycles. The topological polar surface area (TPSA) is 130 Å². The number of carbonyl (C=O) groups is 3. The minimum Gasteiger partial charge on any atom is -0.325 e. The first kappa shape index (κ1) is 28.3. The molecule has 0 fully saturated rings. The molecular formula is C29H24N4O5S2. The number of nitrogens with zero attached hydrogens (tertiary/aromatic N) is 1. The third kappa shape index (κ3) is 7.88. The highest BCUT2D eigenvalue weighted by molar-refractivity contribution is 8.00. The average molecular weight is 573 g/mol. The SMILES string of the molecule is Cc1cc([N+](=O)[O-])ccc1NC(=O)CSc1cccc(NC(=O)/C(=C/c2cccs2)NC(=O)c2ccccc2)c1. The van der Waals surface area contributed by atoms with Crippen LogP contribution in [0.2, 0.25) is 0 Å². The minimum absolute atomic E-state index is 0.0447. The largest absolute Gasteiger partial charge is 0.325 e. The number of nitrogens with one attached hydrogen (secondary N) is 3. The van der Waals surface area contributed by atoms with E-state index in [0.717, 1.165) is 9.77 Å². The Morgan fingerprint density at radius 2 is 1.75 bits per heavy atom. The first-order valence-electron chi connectivity index (χ1n) is 12.0. The maximum absolute atomic E-state index is 13.2. The number of anilines is 2. The minimum atomic E-state index is -0.494. The first-order valence-corrected chi connectivity index (χ1v) is 13.9. The number of carbonyl (C=O) groups excluding carboxylic acids is 3. The second-order valence-electron chi connectivity index (χ2n) is 8.47. The summed E-state index contributed by atoms with van der Waals surface area (Å²) < 4.78 is 0. The summed E-state index contributed by atoms with van der Waals surface area (Å²) in [6.07, 6.45) is 1.62. The van der Waals surface area contributed by atoms with Gasteiger partial charge in [0.2, 0.25) is 5.91 Å². The number of non-ortho nitro benzene ring substituents is 1. The van der Waals surface area contributed by atoms with Gasteiger partial charge in [-0.2, -0.15) is 0 Å². The number of amides is 3. The highest BCUT2D eigenvalue weighted by Crippen LogP contribution is 2.24. The second-order valence-corrected chi connectivity index (χ2v) is 10.5. The van der Waals surface area contributed by atoms with Gasteiger partial charge >= 0.3 is 0 Å². The van der Waals surface area contributed by atoms with Gasteiger partial charge in [0, 0.05) is 38.8 Å². The summed E-state index contributed by atoms with van der Waals surface area (Å²) in [5.41, 5.74) is 2.05. The van der Waals surface area contributed by atoms with Crippen molar-refractivity contribution < 1.29 is 19.3 Å². The summed E-state index contributed by atoms with van der Waals surface area (Å²) in [5, 5.41) is 21.1. The van der Waals surface area contributed by atoms with Gasteiger partial charge in [0.15, 0.2) is 0 Å². The summed E-state index contributed by atoms with van der Waals surface area (Å²) in [6.45, 7) is 1.69. The average Bonchev–Trinajstić information content (AvgIpc) is 3.46. The third-order valence-electron chi connectivity index (χ3n) is 5.52. The summed E-state index contributed by atoms with van der Waals surface area (Å²) in [5.74, 6) is -1.09. The number of hydrogen-bond acceptors (Lipinski definition) is 7. The Morgan fingerprint density at radius 1 is 0.950 bits per heavy atom. The molecule has 0 saturated heterocycles. The molecule has 202 valence electrons. The van der Waals surface area contributed by atoms with Crippen LogP contribution in [0.5, 0.6) is 0 Å². The highest BCUT2D eigenvalue weighted by Gasteiger charge is 2.16. The van der Waals surface area contributed by atoms with Gasteiger partial charge in [-0.3, -0.25) is 24.5 Å². The third-order valence-corrected chi connectivity index (χ3v) is 7.33. The van der Waals surface area contributed by atoms with Crippen LogP contribution in [-0.2, 0) is 9.59 Å². The maximum Gasteiger partial charge on any atom is 0.272 e. The fraction of sp³-hybridized carbons (Fsp3) is 0.0690. The van der Waals surface area contributed by atoms with Crippen LogP contribution in [0.1, 0.15) is 20.8 Å². The van der Waals surface area contributed by atoms with Gasteiger partial charge in [-0.05, 0) is 66.4 Å². The fourth-order valence-electron chi connectivity index (χ4n) is 3.56. The zero-order valence-corrected chi connectivity index (χ0v) is 22.9. The summed E-state index contributed by atoms with van der Waals surface area (Å²) in [6, 6.07) is 23.6. The Balaban J connectivity index is 1.40. The van der Waals surface area contributed by atoms with E-state index in [1.807, 2.05) is 23.6 Å². The van der Waals surface area contributed by atoms with Crippen LogP contribution in [0.4, 0.5) is 17.1 Å². The molecule has 0 radical (unpaired) electrons. The molecule has 0 atom stereocenters. The number of nitro groups is 1. The zero-order chi connectivity index (χ0) is 28.5. The lowest BCUT2D eigenvalue weighted by atomic mass is 10.2. The van der Waals surface area contributed by atoms with Crippen molar-refractivity contribution in [2.45, 2.75) is 11.8 Å². The molecule has 0 bridgehead atoms. The molecule has 0 aliphatic heterocycles. The predicted molar refractivity (Wildman–Crippen MR) is 158 cm³/mol. The molecule has 4 rings (SSSR count). The highest BCUT2D eigenvalue weighted by atomic mass is 32.2. The van der Waals surface area contributed by atoms with Crippen molar-refractivity contribution in [3.05, 3.63) is 122 Å². The lowest BCUT2D eigenvalue weighted by molar-refractivity contribution is -0.384. The van der Waals surface area contributed by atoms with Gasteiger partial charge in [0.05, 0.1) is 10.7 Å². The van der Waals surface area contributed by atoms with Crippen molar-refractivity contribution in [2.24, 2.45) is 0 Å². The summed E-state index contributed by atoms with van der Waals surface area (Å²) >= 11 is 2.70. The van der Waals surface area contributed by atoms with Crippen molar-refractivity contribution >= 4 is 64.0 Å². The predicted octanol–water partition coefficient (Wildman–Crippen LogP) is 6.11. The molecule has 0 unspecified atom stereocenters. The normalized spacial score (nSPS) is 11.0. The molecule has 0 spiro atoms. The van der Waals surface area contributed by atoms with Crippen LogP contribution in [0.15, 0.2) is 101 Å². The summed E-state index contributed by atoms with van der Waals surface area (Å²) in [4.78, 5) is 50.4. The number of benzene rings is 3. The van der Waals surface area contributed by atoms with E-state index in [0.29, 0.717) is 22.5 Å². The van der Waals surface area contributed by atoms with Crippen molar-refractivity contribution in [1.29, 1.82) is 0 Å². The van der Waals surface area contributed by atoms with Crippen LogP contribution in [-0.4, -0.2) is 28.4 Å². The van der Waals surface area contributed by atoms with Gasteiger partial charge in [-0.1, -0.05) is 30.3 Å². The standard InChI is InChI=1S/C29H24N4O5S2/c1-19-15-22(33(37)38)12-13-25(19)31-27(34)18-40-23-10-5-9-21(16-23)30-29(36)26(17-24-11-6-14-39-24)32-28(35)20-7-3-2-4-8-20/h2-17H,18H2,1H3,(H,30,36)(H,31,34)(H,32,35)/b26-17-. The van der Waals surface area contributed by atoms with Gasteiger partial charge < -0.3 is 16.0 Å². The van der Waals surface area contributed by atoms with Crippen molar-refractivity contribution in [3.8, 4) is 0 Å². The molecule has 9 nitrogen and oxygen atoms in total. The molecule has 3 N–H and O–H groups in total. The fourth-order valence-corrected chi connectivity index (χ4v) is 4.97. The molecule has 1 heterocycles. The molecule has 1 aromatic heterocycles. The Labute approximate surface area is 238 Å². The zero-order valence-electron chi connectivity index (χ0n) is 21.2. The van der Waals surface area contributed by atoms with E-state index in [1.165, 1.54) is 41.3 Å². The van der Waals surface area contributed by atoms with Gasteiger partial charge in [0.25, 0.3) is 17.5 Å². The molecule has 11 heteroatoms. The molecule has 4 aromatic rings. The van der Waals surface area contributed by atoms with Gasteiger partial charge in [0.1, 0.15) is 5.70 Å². The number of thioether (sulfide) groups is 1. The molecule has 40 heavy (non-hydrogen) atoms. The van der Waals surface area contributed by atoms with Crippen LogP contribution in [0.25, 0.3) is 6.08 Å². The molecule has 0 saturated carbocycles. The smallest absolute Gasteiger partial charge is 0.272 e. The van der Waals surface area contributed by atoms with Gasteiger partial charge in [-0.15, -0.1) is 23.1 Å². The van der Waals surface area contributed by atoms with Crippen LogP contribution in [0, 0.1) is 17.0 Å². The molecule has 3 amide bonds. The monoisotopic (exact) mass is 572 g/mol.